The van der Waals surface area contributed by atoms with Crippen LogP contribution in [0, 0.1) is 23.2 Å². The van der Waals surface area contributed by atoms with Crippen molar-refractivity contribution in [3.63, 3.8) is 0 Å². The van der Waals surface area contributed by atoms with E-state index in [9.17, 15) is 0 Å². The third-order valence-electron chi connectivity index (χ3n) is 1.34. The maximum Gasteiger partial charge on any atom is 0.116 e. The minimum Gasteiger partial charge on any atom is -0.508 e. The number of nitrogens with zero attached hydrogens (tertiary/aromatic N) is 1. The first-order valence-corrected chi connectivity index (χ1v) is 3.96. The highest BCUT2D eigenvalue weighted by molar-refractivity contribution is 6.31. The number of aromatic hydroxyl groups is 1. The topological polar surface area (TPSA) is 44.0 Å². The van der Waals surface area contributed by atoms with Crippen LogP contribution >= 0.6 is 11.6 Å². The van der Waals surface area contributed by atoms with Crippen molar-refractivity contribution in [1.82, 2.24) is 0 Å². The Labute approximate surface area is 81.4 Å². The largest absolute Gasteiger partial charge is 0.508 e. The minimum absolute atomic E-state index is 0.116. The quantitative estimate of drug-likeness (QED) is 0.640. The number of halogens is 1. The lowest BCUT2D eigenvalue weighted by atomic mass is 10.2. The molecule has 0 saturated heterocycles. The van der Waals surface area contributed by atoms with Crippen molar-refractivity contribution in [2.75, 3.05) is 0 Å². The van der Waals surface area contributed by atoms with E-state index >= 15 is 0 Å². The summed E-state index contributed by atoms with van der Waals surface area (Å²) in [6.45, 7) is 0. The van der Waals surface area contributed by atoms with Crippen molar-refractivity contribution in [2.45, 2.75) is 6.42 Å². The van der Waals surface area contributed by atoms with Gasteiger partial charge in [0.25, 0.3) is 0 Å². The van der Waals surface area contributed by atoms with Crippen LogP contribution in [0.1, 0.15) is 12.0 Å². The zero-order chi connectivity index (χ0) is 9.68. The molecule has 3 heteroatoms. The Morgan fingerprint density at radius 2 is 2.23 bits per heavy atom. The summed E-state index contributed by atoms with van der Waals surface area (Å²) in [4.78, 5) is 0. The Bertz CT molecular complexity index is 409. The maximum absolute atomic E-state index is 9.10. The molecule has 0 aliphatic rings. The van der Waals surface area contributed by atoms with Gasteiger partial charge in [-0.05, 0) is 18.2 Å². The van der Waals surface area contributed by atoms with Gasteiger partial charge < -0.3 is 5.11 Å². The SMILES string of the molecule is N#CCC#Cc1cc(O)ccc1Cl. The molecule has 1 N–H and O–H groups in total. The van der Waals surface area contributed by atoms with Gasteiger partial charge in [-0.3, -0.25) is 0 Å². The Morgan fingerprint density at radius 1 is 1.46 bits per heavy atom. The molecule has 13 heavy (non-hydrogen) atoms. The average Bonchev–Trinajstić information content (AvgIpc) is 2.11. The Kier molecular flexibility index (Phi) is 3.20. The van der Waals surface area contributed by atoms with Crippen molar-refractivity contribution in [3.8, 4) is 23.7 Å². The predicted octanol–water partition coefficient (Wildman–Crippen LogP) is 2.31. The number of rotatable bonds is 0. The number of hydrogen-bond donors (Lipinski definition) is 1. The highest BCUT2D eigenvalue weighted by atomic mass is 35.5. The minimum atomic E-state index is 0.116. The molecule has 0 bridgehead atoms. The molecule has 0 radical (unpaired) electrons. The molecule has 1 rings (SSSR count). The molecular weight excluding hydrogens is 186 g/mol. The van der Waals surface area contributed by atoms with Gasteiger partial charge in [-0.2, -0.15) is 5.26 Å². The summed E-state index contributed by atoms with van der Waals surface area (Å²) < 4.78 is 0. The van der Waals surface area contributed by atoms with Crippen LogP contribution in [0.15, 0.2) is 18.2 Å². The third-order valence-corrected chi connectivity index (χ3v) is 1.67. The van der Waals surface area contributed by atoms with Gasteiger partial charge in [0.15, 0.2) is 0 Å². The second-order valence-electron chi connectivity index (χ2n) is 2.30. The summed E-state index contributed by atoms with van der Waals surface area (Å²) in [5.74, 6) is 5.42. The van der Waals surface area contributed by atoms with Gasteiger partial charge in [-0.15, -0.1) is 0 Å². The van der Waals surface area contributed by atoms with Crippen LogP contribution in [0.3, 0.4) is 0 Å². The lowest BCUT2D eigenvalue weighted by molar-refractivity contribution is 0.475. The number of hydrogen-bond acceptors (Lipinski definition) is 2. The molecule has 1 aromatic rings. The highest BCUT2D eigenvalue weighted by Crippen LogP contribution is 2.19. The second kappa shape index (κ2) is 4.40. The van der Waals surface area contributed by atoms with E-state index < -0.39 is 0 Å². The first-order chi connectivity index (χ1) is 6.24. The molecule has 64 valence electrons. The molecule has 1 aromatic carbocycles. The van der Waals surface area contributed by atoms with E-state index in [2.05, 4.69) is 11.8 Å². The first-order valence-electron chi connectivity index (χ1n) is 3.58. The van der Waals surface area contributed by atoms with E-state index in [0.717, 1.165) is 0 Å². The summed E-state index contributed by atoms with van der Waals surface area (Å²) in [5, 5.41) is 17.8. The second-order valence-corrected chi connectivity index (χ2v) is 2.71. The molecule has 0 amide bonds. The van der Waals surface area contributed by atoms with Gasteiger partial charge in [-0.1, -0.05) is 23.4 Å². The smallest absolute Gasteiger partial charge is 0.116 e. The molecule has 0 aliphatic heterocycles. The van der Waals surface area contributed by atoms with Gasteiger partial charge in [0.2, 0.25) is 0 Å². The molecule has 0 heterocycles. The molecule has 2 nitrogen and oxygen atoms in total. The monoisotopic (exact) mass is 191 g/mol. The maximum atomic E-state index is 9.10. The van der Waals surface area contributed by atoms with Crippen molar-refractivity contribution in [1.29, 1.82) is 5.26 Å². The fraction of sp³-hybridized carbons (Fsp3) is 0.100. The van der Waals surface area contributed by atoms with Crippen molar-refractivity contribution < 1.29 is 5.11 Å². The molecule has 0 aliphatic carbocycles. The highest BCUT2D eigenvalue weighted by Gasteiger charge is 1.96. The predicted molar refractivity (Wildman–Crippen MR) is 50.2 cm³/mol. The molecule has 0 atom stereocenters. The Morgan fingerprint density at radius 3 is 2.92 bits per heavy atom. The molecule has 0 spiro atoms. The van der Waals surface area contributed by atoms with Gasteiger partial charge in [0.1, 0.15) is 5.75 Å². The van der Waals surface area contributed by atoms with E-state index in [0.29, 0.717) is 10.6 Å². The first kappa shape index (κ1) is 9.45. The van der Waals surface area contributed by atoms with E-state index in [4.69, 9.17) is 22.0 Å². The van der Waals surface area contributed by atoms with E-state index in [-0.39, 0.29) is 12.2 Å². The van der Waals surface area contributed by atoms with Crippen molar-refractivity contribution >= 4 is 11.6 Å². The zero-order valence-corrected chi connectivity index (χ0v) is 7.47. The van der Waals surface area contributed by atoms with Crippen molar-refractivity contribution in [3.05, 3.63) is 28.8 Å². The number of phenols is 1. The van der Waals surface area contributed by atoms with Crippen LogP contribution in [-0.2, 0) is 0 Å². The van der Waals surface area contributed by atoms with E-state index in [1.54, 1.807) is 6.07 Å². The van der Waals surface area contributed by atoms with E-state index in [1.165, 1.54) is 12.1 Å². The number of benzene rings is 1. The molecule has 0 fully saturated rings. The normalized spacial score (nSPS) is 8.31. The number of phenolic OH excluding ortho intramolecular Hbond substituents is 1. The van der Waals surface area contributed by atoms with Crippen molar-refractivity contribution in [2.24, 2.45) is 0 Å². The fourth-order valence-corrected chi connectivity index (χ4v) is 0.953. The third kappa shape index (κ3) is 2.71. The van der Waals surface area contributed by atoms with Gasteiger partial charge >= 0.3 is 0 Å². The molecule has 0 aromatic heterocycles. The summed E-state index contributed by atoms with van der Waals surface area (Å²) in [6, 6.07) is 6.40. The summed E-state index contributed by atoms with van der Waals surface area (Å²) in [6.07, 6.45) is 0.159. The van der Waals surface area contributed by atoms with Gasteiger partial charge in [-0.25, -0.2) is 0 Å². The lowest BCUT2D eigenvalue weighted by Crippen LogP contribution is -1.76. The van der Waals surface area contributed by atoms with Gasteiger partial charge in [0.05, 0.1) is 17.5 Å². The van der Waals surface area contributed by atoms with Gasteiger partial charge in [0, 0.05) is 5.56 Å². The lowest BCUT2D eigenvalue weighted by Gasteiger charge is -1.95. The Hall–Kier alpha value is -1.64. The van der Waals surface area contributed by atoms with Crippen LogP contribution in [0.5, 0.6) is 5.75 Å². The molecule has 0 unspecified atom stereocenters. The zero-order valence-electron chi connectivity index (χ0n) is 6.71. The summed E-state index contributed by atoms with van der Waals surface area (Å²) >= 11 is 5.78. The standard InChI is InChI=1S/C10H6ClNO/c11-10-5-4-9(13)7-8(10)3-1-2-6-12/h4-5,7,13H,2H2. The molecular formula is C10H6ClNO. The van der Waals surface area contributed by atoms with Crippen LogP contribution in [0.4, 0.5) is 0 Å². The Balaban J connectivity index is 2.97. The summed E-state index contributed by atoms with van der Waals surface area (Å²) in [7, 11) is 0. The molecule has 0 saturated carbocycles. The summed E-state index contributed by atoms with van der Waals surface area (Å²) in [5.41, 5.74) is 0.539. The van der Waals surface area contributed by atoms with E-state index in [1.807, 2.05) is 6.07 Å². The fourth-order valence-electron chi connectivity index (χ4n) is 0.788. The van der Waals surface area contributed by atoms with Crippen LogP contribution in [0.25, 0.3) is 0 Å². The van der Waals surface area contributed by atoms with Crippen LogP contribution < -0.4 is 0 Å². The number of nitriles is 1. The van der Waals surface area contributed by atoms with Crippen LogP contribution in [-0.4, -0.2) is 5.11 Å². The van der Waals surface area contributed by atoms with Crippen LogP contribution in [0.2, 0.25) is 5.02 Å². The average molecular weight is 192 g/mol.